The first-order chi connectivity index (χ1) is 7.20. The molecule has 4 nitrogen and oxygen atoms in total. The van der Waals surface area contributed by atoms with Crippen LogP contribution in [0.15, 0.2) is 28.4 Å². The van der Waals surface area contributed by atoms with E-state index < -0.39 is 5.97 Å². The average Bonchev–Trinajstić information content (AvgIpc) is 2.71. The van der Waals surface area contributed by atoms with Crippen molar-refractivity contribution in [3.05, 3.63) is 29.7 Å². The highest BCUT2D eigenvalue weighted by atomic mass is 35.5. The van der Waals surface area contributed by atoms with Crippen molar-refractivity contribution >= 4 is 22.6 Å². The normalized spacial score (nSPS) is 11.5. The molecule has 5 heteroatoms. The van der Waals surface area contributed by atoms with Gasteiger partial charge in [0.2, 0.25) is 0 Å². The lowest BCUT2D eigenvalue weighted by Gasteiger charge is -2.00. The van der Waals surface area contributed by atoms with E-state index in [1.165, 1.54) is 6.26 Å². The van der Waals surface area contributed by atoms with Gasteiger partial charge in [0, 0.05) is 0 Å². The lowest BCUT2D eigenvalue weighted by atomic mass is 10.2. The molecule has 78 valence electrons. The Hall–Kier alpha value is -1.73. The fraction of sp³-hybridized carbons (Fsp3) is 0.200. The molecule has 0 aliphatic carbocycles. The van der Waals surface area contributed by atoms with E-state index in [-0.39, 0.29) is 23.0 Å². The summed E-state index contributed by atoms with van der Waals surface area (Å²) in [5, 5.41) is 8.72. The Balaban J connectivity index is 3.05. The smallest absolute Gasteiger partial charge is 0.350 e. The quantitative estimate of drug-likeness (QED) is 0.450. The molecule has 1 aromatic rings. The minimum Gasteiger partial charge on any atom is -0.463 e. The summed E-state index contributed by atoms with van der Waals surface area (Å²) < 4.78 is 9.63. The highest BCUT2D eigenvalue weighted by Gasteiger charge is 2.17. The molecule has 1 heterocycles. The van der Waals surface area contributed by atoms with Crippen LogP contribution in [0.5, 0.6) is 0 Å². The second-order valence-electron chi connectivity index (χ2n) is 2.50. The zero-order valence-corrected chi connectivity index (χ0v) is 8.75. The number of carbonyl (C=O) groups is 1. The lowest BCUT2D eigenvalue weighted by Crippen LogP contribution is -2.07. The molecule has 0 aliphatic rings. The molecular formula is C10H8ClNO3. The molecule has 0 radical (unpaired) electrons. The standard InChI is InChI=1S/C10H8ClNO3/c1-2-14-10(13)7(6-12)9(11)8-4-3-5-15-8/h3-5H,2H2,1H3/b9-7+. The number of ether oxygens (including phenoxy) is 1. The summed E-state index contributed by atoms with van der Waals surface area (Å²) >= 11 is 5.81. The maximum Gasteiger partial charge on any atom is 0.350 e. The van der Waals surface area contributed by atoms with Gasteiger partial charge < -0.3 is 9.15 Å². The van der Waals surface area contributed by atoms with E-state index in [1.54, 1.807) is 25.1 Å². The first-order valence-corrected chi connectivity index (χ1v) is 4.59. The molecule has 0 aromatic carbocycles. The highest BCUT2D eigenvalue weighted by Crippen LogP contribution is 2.23. The SMILES string of the molecule is CCOC(=O)/C(C#N)=C(/Cl)c1ccco1. The molecule has 1 aromatic heterocycles. The van der Waals surface area contributed by atoms with Crippen molar-refractivity contribution in [2.45, 2.75) is 6.92 Å². The summed E-state index contributed by atoms with van der Waals surface area (Å²) in [5.41, 5.74) is -0.256. The fourth-order valence-electron chi connectivity index (χ4n) is 0.914. The average molecular weight is 226 g/mol. The maximum absolute atomic E-state index is 11.3. The van der Waals surface area contributed by atoms with Gasteiger partial charge in [0.1, 0.15) is 16.9 Å². The Kier molecular flexibility index (Phi) is 3.95. The Bertz CT molecular complexity index is 414. The Morgan fingerprint density at radius 2 is 2.47 bits per heavy atom. The monoisotopic (exact) mass is 225 g/mol. The molecule has 15 heavy (non-hydrogen) atoms. The number of hydrogen-bond donors (Lipinski definition) is 0. The molecule has 0 bridgehead atoms. The summed E-state index contributed by atoms with van der Waals surface area (Å²) in [5.74, 6) is -0.484. The van der Waals surface area contributed by atoms with E-state index in [9.17, 15) is 4.79 Å². The first kappa shape index (κ1) is 11.3. The van der Waals surface area contributed by atoms with Gasteiger partial charge in [-0.3, -0.25) is 0 Å². The van der Waals surface area contributed by atoms with Crippen molar-refractivity contribution in [3.8, 4) is 6.07 Å². The van der Waals surface area contributed by atoms with Crippen LogP contribution in [-0.4, -0.2) is 12.6 Å². The molecule has 0 spiro atoms. The third-order valence-electron chi connectivity index (χ3n) is 1.55. The van der Waals surface area contributed by atoms with Crippen molar-refractivity contribution < 1.29 is 13.9 Å². The number of furan rings is 1. The van der Waals surface area contributed by atoms with Crippen LogP contribution in [0.25, 0.3) is 5.03 Å². The molecule has 0 saturated heterocycles. The van der Waals surface area contributed by atoms with E-state index in [4.69, 9.17) is 21.3 Å². The van der Waals surface area contributed by atoms with E-state index in [0.717, 1.165) is 0 Å². The third kappa shape index (κ3) is 2.61. The zero-order valence-electron chi connectivity index (χ0n) is 7.99. The van der Waals surface area contributed by atoms with E-state index >= 15 is 0 Å². The lowest BCUT2D eigenvalue weighted by molar-refractivity contribution is -0.137. The molecule has 0 aliphatic heterocycles. The van der Waals surface area contributed by atoms with E-state index in [0.29, 0.717) is 0 Å². The van der Waals surface area contributed by atoms with Gasteiger partial charge in [-0.25, -0.2) is 4.79 Å². The van der Waals surface area contributed by atoms with Crippen molar-refractivity contribution in [1.82, 2.24) is 0 Å². The molecule has 0 atom stereocenters. The maximum atomic E-state index is 11.3. The molecule has 0 unspecified atom stereocenters. The van der Waals surface area contributed by atoms with E-state index in [1.807, 2.05) is 0 Å². The predicted octanol–water partition coefficient (Wildman–Crippen LogP) is 2.32. The molecule has 1 rings (SSSR count). The number of nitrogens with zero attached hydrogens (tertiary/aromatic N) is 1. The number of carbonyl (C=O) groups excluding carboxylic acids is 1. The molecular weight excluding hydrogens is 218 g/mol. The van der Waals surface area contributed by atoms with Crippen LogP contribution in [0.1, 0.15) is 12.7 Å². The van der Waals surface area contributed by atoms with Gasteiger partial charge in [0.05, 0.1) is 12.9 Å². The summed E-state index contributed by atoms with van der Waals surface area (Å²) in [6.07, 6.45) is 1.40. The second kappa shape index (κ2) is 5.23. The number of esters is 1. The summed E-state index contributed by atoms with van der Waals surface area (Å²) in [4.78, 5) is 11.3. The minimum atomic E-state index is -0.749. The van der Waals surface area contributed by atoms with Gasteiger partial charge in [-0.1, -0.05) is 11.6 Å². The van der Waals surface area contributed by atoms with Crippen LogP contribution in [0.4, 0.5) is 0 Å². The first-order valence-electron chi connectivity index (χ1n) is 4.21. The second-order valence-corrected chi connectivity index (χ2v) is 2.88. The van der Waals surface area contributed by atoms with Crippen LogP contribution >= 0.6 is 11.6 Å². The van der Waals surface area contributed by atoms with Crippen molar-refractivity contribution in [2.75, 3.05) is 6.61 Å². The Morgan fingerprint density at radius 3 is 2.93 bits per heavy atom. The van der Waals surface area contributed by atoms with Gasteiger partial charge in [-0.15, -0.1) is 0 Å². The largest absolute Gasteiger partial charge is 0.463 e. The van der Waals surface area contributed by atoms with Crippen molar-refractivity contribution in [3.63, 3.8) is 0 Å². The van der Waals surface area contributed by atoms with Crippen molar-refractivity contribution in [1.29, 1.82) is 5.26 Å². The fourth-order valence-corrected chi connectivity index (χ4v) is 1.14. The van der Waals surface area contributed by atoms with E-state index in [2.05, 4.69) is 4.74 Å². The van der Waals surface area contributed by atoms with Crippen LogP contribution in [0, 0.1) is 11.3 Å². The van der Waals surface area contributed by atoms with Gasteiger partial charge in [0.15, 0.2) is 5.57 Å². The van der Waals surface area contributed by atoms with Gasteiger partial charge in [-0.2, -0.15) is 5.26 Å². The van der Waals surface area contributed by atoms with Crippen LogP contribution in [-0.2, 0) is 9.53 Å². The molecule has 0 saturated carbocycles. The van der Waals surface area contributed by atoms with Gasteiger partial charge in [0.25, 0.3) is 0 Å². The summed E-state index contributed by atoms with van der Waals surface area (Å²) in [6.45, 7) is 1.83. The summed E-state index contributed by atoms with van der Waals surface area (Å²) in [7, 11) is 0. The van der Waals surface area contributed by atoms with Crippen LogP contribution < -0.4 is 0 Å². The van der Waals surface area contributed by atoms with Gasteiger partial charge >= 0.3 is 5.97 Å². The Morgan fingerprint density at radius 1 is 1.73 bits per heavy atom. The minimum absolute atomic E-state index is 0.0408. The molecule has 0 amide bonds. The number of rotatable bonds is 3. The topological polar surface area (TPSA) is 63.2 Å². The molecule has 0 N–H and O–H groups in total. The summed E-state index contributed by atoms with van der Waals surface area (Å²) in [6, 6.07) is 4.85. The predicted molar refractivity (Wildman–Crippen MR) is 53.7 cm³/mol. The Labute approximate surface area is 91.7 Å². The highest BCUT2D eigenvalue weighted by molar-refractivity contribution is 6.51. The zero-order chi connectivity index (χ0) is 11.3. The van der Waals surface area contributed by atoms with Crippen LogP contribution in [0.3, 0.4) is 0 Å². The third-order valence-corrected chi connectivity index (χ3v) is 1.92. The van der Waals surface area contributed by atoms with Crippen LogP contribution in [0.2, 0.25) is 0 Å². The van der Waals surface area contributed by atoms with Crippen molar-refractivity contribution in [2.24, 2.45) is 0 Å². The number of nitriles is 1. The van der Waals surface area contributed by atoms with Gasteiger partial charge in [-0.05, 0) is 19.1 Å². The number of hydrogen-bond acceptors (Lipinski definition) is 4. The molecule has 0 fully saturated rings. The number of halogens is 1.